The molecular formula is C15H16ClNO3S. The lowest BCUT2D eigenvalue weighted by atomic mass is 10.3. The van der Waals surface area contributed by atoms with E-state index >= 15 is 0 Å². The Hall–Kier alpha value is -1.72. The Balaban J connectivity index is 1.94. The molecule has 0 bridgehead atoms. The molecule has 0 atom stereocenters. The summed E-state index contributed by atoms with van der Waals surface area (Å²) in [5.74, 6) is 0.681. The number of para-hydroxylation sites is 1. The highest BCUT2D eigenvalue weighted by molar-refractivity contribution is 7.91. The van der Waals surface area contributed by atoms with Crippen molar-refractivity contribution >= 4 is 27.1 Å². The summed E-state index contributed by atoms with van der Waals surface area (Å²) in [6.45, 7) is 0.323. The predicted molar refractivity (Wildman–Crippen MR) is 84.5 cm³/mol. The third kappa shape index (κ3) is 4.37. The van der Waals surface area contributed by atoms with Crippen LogP contribution >= 0.6 is 11.6 Å². The summed E-state index contributed by atoms with van der Waals surface area (Å²) in [4.78, 5) is 0.0730. The Morgan fingerprint density at radius 2 is 1.81 bits per heavy atom. The number of nitrogen functional groups attached to an aromatic ring is 1. The number of hydrogen-bond donors (Lipinski definition) is 1. The highest BCUT2D eigenvalue weighted by Crippen LogP contribution is 2.25. The molecule has 0 spiro atoms. The van der Waals surface area contributed by atoms with Gasteiger partial charge in [0.15, 0.2) is 9.84 Å². The van der Waals surface area contributed by atoms with Gasteiger partial charge in [-0.05, 0) is 36.8 Å². The molecule has 0 aliphatic rings. The van der Waals surface area contributed by atoms with E-state index < -0.39 is 9.84 Å². The van der Waals surface area contributed by atoms with E-state index in [0.29, 0.717) is 18.7 Å². The third-order valence-electron chi connectivity index (χ3n) is 2.86. The van der Waals surface area contributed by atoms with E-state index in [1.54, 1.807) is 6.07 Å². The van der Waals surface area contributed by atoms with Gasteiger partial charge in [0.1, 0.15) is 5.75 Å². The van der Waals surface area contributed by atoms with E-state index in [9.17, 15) is 8.42 Å². The van der Waals surface area contributed by atoms with E-state index in [1.165, 1.54) is 12.1 Å². The standard InChI is InChI=1S/C15H16ClNO3S/c16-14-8-7-12(17)11-15(14)21(18,19)10-4-9-20-13-5-2-1-3-6-13/h1-3,5-8,11H,4,9-10,17H2. The van der Waals surface area contributed by atoms with Crippen molar-refractivity contribution in [1.82, 2.24) is 0 Å². The van der Waals surface area contributed by atoms with E-state index in [1.807, 2.05) is 30.3 Å². The molecule has 0 heterocycles. The minimum Gasteiger partial charge on any atom is -0.494 e. The van der Waals surface area contributed by atoms with Crippen LogP contribution in [0.5, 0.6) is 5.75 Å². The minimum absolute atomic E-state index is 0.0387. The van der Waals surface area contributed by atoms with Gasteiger partial charge in [-0.15, -0.1) is 0 Å². The second kappa shape index (κ2) is 6.83. The maximum absolute atomic E-state index is 12.2. The molecular weight excluding hydrogens is 310 g/mol. The van der Waals surface area contributed by atoms with Crippen LogP contribution in [0.2, 0.25) is 5.02 Å². The lowest BCUT2D eigenvalue weighted by molar-refractivity contribution is 0.317. The second-order valence-corrected chi connectivity index (χ2v) is 7.01. The maximum Gasteiger partial charge on any atom is 0.180 e. The van der Waals surface area contributed by atoms with E-state index in [2.05, 4.69) is 0 Å². The van der Waals surface area contributed by atoms with Gasteiger partial charge < -0.3 is 10.5 Å². The van der Waals surface area contributed by atoms with E-state index in [-0.39, 0.29) is 15.7 Å². The van der Waals surface area contributed by atoms with Crippen molar-refractivity contribution in [2.45, 2.75) is 11.3 Å². The van der Waals surface area contributed by atoms with Crippen molar-refractivity contribution in [3.63, 3.8) is 0 Å². The summed E-state index contributed by atoms with van der Waals surface area (Å²) < 4.78 is 29.9. The van der Waals surface area contributed by atoms with Gasteiger partial charge in [0, 0.05) is 5.69 Å². The van der Waals surface area contributed by atoms with Crippen molar-refractivity contribution < 1.29 is 13.2 Å². The predicted octanol–water partition coefficient (Wildman–Crippen LogP) is 3.17. The average Bonchev–Trinajstić information content (AvgIpc) is 2.47. The van der Waals surface area contributed by atoms with Gasteiger partial charge in [0.25, 0.3) is 0 Å². The van der Waals surface area contributed by atoms with Gasteiger partial charge in [0.05, 0.1) is 22.3 Å². The van der Waals surface area contributed by atoms with Crippen LogP contribution < -0.4 is 10.5 Å². The lowest BCUT2D eigenvalue weighted by Crippen LogP contribution is -2.11. The van der Waals surface area contributed by atoms with Crippen LogP contribution in [0.25, 0.3) is 0 Å². The summed E-state index contributed by atoms with van der Waals surface area (Å²) in [6, 6.07) is 13.7. The van der Waals surface area contributed by atoms with Crippen molar-refractivity contribution in [3.05, 3.63) is 53.6 Å². The first-order valence-electron chi connectivity index (χ1n) is 6.45. The Bertz CT molecular complexity index is 702. The van der Waals surface area contributed by atoms with Gasteiger partial charge in [-0.25, -0.2) is 8.42 Å². The normalized spacial score (nSPS) is 11.3. The number of rotatable bonds is 6. The highest BCUT2D eigenvalue weighted by atomic mass is 35.5. The Morgan fingerprint density at radius 3 is 2.52 bits per heavy atom. The molecule has 2 aromatic carbocycles. The Kier molecular flexibility index (Phi) is 5.09. The molecule has 112 valence electrons. The van der Waals surface area contributed by atoms with Crippen LogP contribution in [-0.2, 0) is 9.84 Å². The van der Waals surface area contributed by atoms with Crippen LogP contribution in [0.4, 0.5) is 5.69 Å². The monoisotopic (exact) mass is 325 g/mol. The van der Waals surface area contributed by atoms with Crippen molar-refractivity contribution in [3.8, 4) is 5.75 Å². The smallest absolute Gasteiger partial charge is 0.180 e. The van der Waals surface area contributed by atoms with Crippen molar-refractivity contribution in [1.29, 1.82) is 0 Å². The number of benzene rings is 2. The zero-order valence-corrected chi connectivity index (χ0v) is 12.9. The fourth-order valence-corrected chi connectivity index (χ4v) is 3.69. The second-order valence-electron chi connectivity index (χ2n) is 4.52. The van der Waals surface area contributed by atoms with Gasteiger partial charge in [-0.3, -0.25) is 0 Å². The molecule has 0 amide bonds. The molecule has 0 aromatic heterocycles. The Morgan fingerprint density at radius 1 is 1.10 bits per heavy atom. The summed E-state index contributed by atoms with van der Waals surface area (Å²) in [5, 5.41) is 0.188. The SMILES string of the molecule is Nc1ccc(Cl)c(S(=O)(=O)CCCOc2ccccc2)c1. The molecule has 0 aliphatic carbocycles. The third-order valence-corrected chi connectivity index (χ3v) is 5.14. The molecule has 6 heteroatoms. The van der Waals surface area contributed by atoms with Crippen LogP contribution in [0, 0.1) is 0 Å². The fourth-order valence-electron chi connectivity index (χ4n) is 1.82. The first kappa shape index (κ1) is 15.7. The number of hydrogen-bond acceptors (Lipinski definition) is 4. The zero-order valence-electron chi connectivity index (χ0n) is 11.3. The number of sulfone groups is 1. The minimum atomic E-state index is -3.46. The number of halogens is 1. The molecule has 0 fully saturated rings. The molecule has 4 nitrogen and oxygen atoms in total. The average molecular weight is 326 g/mol. The Labute approximate surface area is 129 Å². The number of ether oxygens (including phenoxy) is 1. The van der Waals surface area contributed by atoms with E-state index in [4.69, 9.17) is 22.1 Å². The number of anilines is 1. The lowest BCUT2D eigenvalue weighted by Gasteiger charge is -2.08. The molecule has 2 aromatic rings. The first-order chi connectivity index (χ1) is 9.99. The molecule has 21 heavy (non-hydrogen) atoms. The van der Waals surface area contributed by atoms with Gasteiger partial charge >= 0.3 is 0 Å². The zero-order chi connectivity index (χ0) is 15.3. The summed E-state index contributed by atoms with van der Waals surface area (Å²) in [7, 11) is -3.46. The maximum atomic E-state index is 12.2. The molecule has 0 aliphatic heterocycles. The van der Waals surface area contributed by atoms with Gasteiger partial charge in [0.2, 0.25) is 0 Å². The molecule has 2 rings (SSSR count). The molecule has 0 saturated carbocycles. The molecule has 0 radical (unpaired) electrons. The van der Waals surface area contributed by atoms with Crippen LogP contribution in [0.15, 0.2) is 53.4 Å². The van der Waals surface area contributed by atoms with Gasteiger partial charge in [-0.2, -0.15) is 0 Å². The summed E-state index contributed by atoms with van der Waals surface area (Å²) in [6.07, 6.45) is 0.377. The van der Waals surface area contributed by atoms with Crippen molar-refractivity contribution in [2.75, 3.05) is 18.1 Å². The summed E-state index contributed by atoms with van der Waals surface area (Å²) >= 11 is 5.92. The largest absolute Gasteiger partial charge is 0.494 e. The summed E-state index contributed by atoms with van der Waals surface area (Å²) in [5.41, 5.74) is 5.98. The van der Waals surface area contributed by atoms with Crippen LogP contribution in [-0.4, -0.2) is 20.8 Å². The quantitative estimate of drug-likeness (QED) is 0.654. The molecule has 0 saturated heterocycles. The molecule has 0 unspecified atom stereocenters. The van der Waals surface area contributed by atoms with Crippen LogP contribution in [0.1, 0.15) is 6.42 Å². The first-order valence-corrected chi connectivity index (χ1v) is 8.48. The van der Waals surface area contributed by atoms with Crippen molar-refractivity contribution in [2.24, 2.45) is 0 Å². The fraction of sp³-hybridized carbons (Fsp3) is 0.200. The molecule has 2 N–H and O–H groups in total. The topological polar surface area (TPSA) is 69.4 Å². The van der Waals surface area contributed by atoms with Gasteiger partial charge in [-0.1, -0.05) is 29.8 Å². The highest BCUT2D eigenvalue weighted by Gasteiger charge is 2.18. The van der Waals surface area contributed by atoms with Crippen LogP contribution in [0.3, 0.4) is 0 Å². The van der Waals surface area contributed by atoms with E-state index in [0.717, 1.165) is 5.75 Å². The number of nitrogens with two attached hydrogens (primary N) is 1.